The Morgan fingerprint density at radius 1 is 0.971 bits per heavy atom. The topological polar surface area (TPSA) is 63.1 Å². The van der Waals surface area contributed by atoms with E-state index in [0.29, 0.717) is 24.8 Å². The van der Waals surface area contributed by atoms with Gasteiger partial charge in [0, 0.05) is 12.5 Å². The van der Waals surface area contributed by atoms with Crippen LogP contribution >= 0.6 is 11.8 Å². The Bertz CT molecular complexity index is 1020. The molecule has 1 aliphatic rings. The number of likely N-dealkylation sites (tertiary alicyclic amines) is 1. The predicted octanol–water partition coefficient (Wildman–Crippen LogP) is 4.71. The Morgan fingerprint density at radius 3 is 2.38 bits per heavy atom. The number of carbonyl (C=O) groups is 1. The number of carbonyl (C=O) groups excluding carboxylic acids is 1. The molecule has 4 rings (SSSR count). The highest BCUT2D eigenvalue weighted by Crippen LogP contribution is 2.22. The fourth-order valence-electron chi connectivity index (χ4n) is 4.43. The molecule has 34 heavy (non-hydrogen) atoms. The van der Waals surface area contributed by atoms with Crippen molar-refractivity contribution in [1.82, 2.24) is 25.0 Å². The molecular weight excluding hydrogens is 442 g/mol. The molecule has 1 unspecified atom stereocenters. The second-order valence-electron chi connectivity index (χ2n) is 8.92. The zero-order chi connectivity index (χ0) is 23.6. The summed E-state index contributed by atoms with van der Waals surface area (Å²) in [4.78, 5) is 15.1. The molecule has 0 saturated carbocycles. The van der Waals surface area contributed by atoms with Crippen molar-refractivity contribution in [3.8, 4) is 0 Å². The number of rotatable bonds is 11. The second kappa shape index (κ2) is 12.7. The molecule has 1 N–H and O–H groups in total. The first-order valence-electron chi connectivity index (χ1n) is 12.4. The molecule has 0 spiro atoms. The van der Waals surface area contributed by atoms with Crippen molar-refractivity contribution in [3.05, 3.63) is 77.6 Å². The monoisotopic (exact) mass is 477 g/mol. The van der Waals surface area contributed by atoms with Crippen LogP contribution in [0.25, 0.3) is 0 Å². The Labute approximate surface area is 207 Å². The van der Waals surface area contributed by atoms with Crippen molar-refractivity contribution in [1.29, 1.82) is 0 Å². The van der Waals surface area contributed by atoms with Gasteiger partial charge in [0.1, 0.15) is 5.82 Å². The van der Waals surface area contributed by atoms with E-state index in [1.807, 2.05) is 12.1 Å². The van der Waals surface area contributed by atoms with Crippen molar-refractivity contribution in [2.24, 2.45) is 0 Å². The number of hydrogen-bond donors (Lipinski definition) is 1. The quantitative estimate of drug-likeness (QED) is 0.405. The maximum Gasteiger partial charge on any atom is 0.230 e. The van der Waals surface area contributed by atoms with Crippen LogP contribution in [0, 0.1) is 0 Å². The largest absolute Gasteiger partial charge is 0.355 e. The zero-order valence-electron chi connectivity index (χ0n) is 20.0. The summed E-state index contributed by atoms with van der Waals surface area (Å²) in [6.45, 7) is 6.56. The zero-order valence-corrected chi connectivity index (χ0v) is 20.8. The third-order valence-corrected chi connectivity index (χ3v) is 7.40. The number of nitrogens with one attached hydrogen (secondary N) is 1. The Balaban J connectivity index is 1.38. The van der Waals surface area contributed by atoms with E-state index in [2.05, 4.69) is 80.4 Å². The van der Waals surface area contributed by atoms with Crippen LogP contribution in [0.3, 0.4) is 0 Å². The van der Waals surface area contributed by atoms with Crippen LogP contribution in [-0.2, 0) is 17.9 Å². The van der Waals surface area contributed by atoms with Crippen LogP contribution < -0.4 is 5.32 Å². The van der Waals surface area contributed by atoms with Crippen LogP contribution in [0.4, 0.5) is 0 Å². The summed E-state index contributed by atoms with van der Waals surface area (Å²) in [5.41, 5.74) is 2.48. The van der Waals surface area contributed by atoms with Crippen molar-refractivity contribution in [3.63, 3.8) is 0 Å². The third-order valence-electron chi connectivity index (χ3n) is 6.43. The van der Waals surface area contributed by atoms with Gasteiger partial charge in [-0.05, 0) is 43.5 Å². The summed E-state index contributed by atoms with van der Waals surface area (Å²) in [5, 5.41) is 12.9. The molecule has 1 aromatic heterocycles. The number of aromatic nitrogens is 3. The van der Waals surface area contributed by atoms with Crippen LogP contribution in [-0.4, -0.2) is 51.0 Å². The van der Waals surface area contributed by atoms with E-state index in [9.17, 15) is 4.79 Å². The molecule has 2 heterocycles. The minimum atomic E-state index is 0.0335. The summed E-state index contributed by atoms with van der Waals surface area (Å²) < 4.78 is 2.18. The average Bonchev–Trinajstić information content (AvgIpc) is 3.25. The normalized spacial score (nSPS) is 15.2. The van der Waals surface area contributed by atoms with E-state index >= 15 is 0 Å². The predicted molar refractivity (Wildman–Crippen MR) is 138 cm³/mol. The Morgan fingerprint density at radius 2 is 1.68 bits per heavy atom. The van der Waals surface area contributed by atoms with Crippen LogP contribution in [0.2, 0.25) is 0 Å². The fraction of sp³-hybridized carbons (Fsp3) is 0.444. The molecule has 1 atom stereocenters. The van der Waals surface area contributed by atoms with Gasteiger partial charge < -0.3 is 9.88 Å². The SMILES string of the molecule is CCC(CNC(=O)CSc1nnc(CN2CCCCC2)n1Cc1ccccc1)c1ccccc1. The van der Waals surface area contributed by atoms with Gasteiger partial charge in [0.05, 0.1) is 18.8 Å². The maximum atomic E-state index is 12.7. The summed E-state index contributed by atoms with van der Waals surface area (Å²) in [6.07, 6.45) is 4.79. The molecule has 2 aromatic carbocycles. The van der Waals surface area contributed by atoms with Crippen molar-refractivity contribution in [2.45, 2.75) is 56.8 Å². The molecular formula is C27H35N5OS. The minimum absolute atomic E-state index is 0.0335. The maximum absolute atomic E-state index is 12.7. The molecule has 180 valence electrons. The van der Waals surface area contributed by atoms with Gasteiger partial charge >= 0.3 is 0 Å². The van der Waals surface area contributed by atoms with Gasteiger partial charge in [0.15, 0.2) is 5.16 Å². The highest BCUT2D eigenvalue weighted by molar-refractivity contribution is 7.99. The molecule has 1 aliphatic heterocycles. The first kappa shape index (κ1) is 24.5. The lowest BCUT2D eigenvalue weighted by atomic mass is 9.96. The number of hydrogen-bond acceptors (Lipinski definition) is 5. The van der Waals surface area contributed by atoms with Crippen LogP contribution in [0.1, 0.15) is 55.5 Å². The van der Waals surface area contributed by atoms with Crippen molar-refractivity contribution in [2.75, 3.05) is 25.4 Å². The molecule has 1 fully saturated rings. The van der Waals surface area contributed by atoms with Gasteiger partial charge in [0.2, 0.25) is 5.91 Å². The number of nitrogens with zero attached hydrogens (tertiary/aromatic N) is 4. The van der Waals surface area contributed by atoms with Gasteiger partial charge in [-0.15, -0.1) is 10.2 Å². The van der Waals surface area contributed by atoms with E-state index in [0.717, 1.165) is 37.0 Å². The van der Waals surface area contributed by atoms with E-state index < -0.39 is 0 Å². The molecule has 7 heteroatoms. The van der Waals surface area contributed by atoms with Crippen LogP contribution in [0.15, 0.2) is 65.8 Å². The fourth-order valence-corrected chi connectivity index (χ4v) is 5.21. The lowest BCUT2D eigenvalue weighted by Gasteiger charge is -2.26. The molecule has 1 saturated heterocycles. The minimum Gasteiger partial charge on any atom is -0.355 e. The molecule has 0 aliphatic carbocycles. The van der Waals surface area contributed by atoms with E-state index in [-0.39, 0.29) is 5.91 Å². The van der Waals surface area contributed by atoms with E-state index in [1.54, 1.807) is 0 Å². The second-order valence-corrected chi connectivity index (χ2v) is 9.86. The van der Waals surface area contributed by atoms with Crippen molar-refractivity contribution < 1.29 is 4.79 Å². The highest BCUT2D eigenvalue weighted by Gasteiger charge is 2.19. The van der Waals surface area contributed by atoms with E-state index in [1.165, 1.54) is 42.2 Å². The number of benzene rings is 2. The smallest absolute Gasteiger partial charge is 0.230 e. The summed E-state index contributed by atoms with van der Waals surface area (Å²) in [5.74, 6) is 1.67. The van der Waals surface area contributed by atoms with Crippen molar-refractivity contribution >= 4 is 17.7 Å². The summed E-state index contributed by atoms with van der Waals surface area (Å²) >= 11 is 1.47. The van der Waals surface area contributed by atoms with Gasteiger partial charge in [0.25, 0.3) is 0 Å². The first-order valence-corrected chi connectivity index (χ1v) is 13.3. The number of amides is 1. The molecule has 3 aromatic rings. The van der Waals surface area contributed by atoms with Gasteiger partial charge in [-0.3, -0.25) is 9.69 Å². The standard InChI is InChI=1S/C27H35N5OS/c1-2-23(24-14-8-4-9-15-24)18-28-26(33)21-34-27-30-29-25(20-31-16-10-5-11-17-31)32(27)19-22-12-6-3-7-13-22/h3-4,6-9,12-15,23H,2,5,10-11,16-21H2,1H3,(H,28,33). The first-order chi connectivity index (χ1) is 16.7. The van der Waals surface area contributed by atoms with Gasteiger partial charge in [-0.1, -0.05) is 85.8 Å². The molecule has 0 bridgehead atoms. The average molecular weight is 478 g/mol. The summed E-state index contributed by atoms with van der Waals surface area (Å²) in [6, 6.07) is 20.8. The van der Waals surface area contributed by atoms with E-state index in [4.69, 9.17) is 0 Å². The highest BCUT2D eigenvalue weighted by atomic mass is 32.2. The lowest BCUT2D eigenvalue weighted by Crippen LogP contribution is -2.30. The van der Waals surface area contributed by atoms with Gasteiger partial charge in [-0.25, -0.2) is 0 Å². The Kier molecular flexibility index (Phi) is 9.16. The van der Waals surface area contributed by atoms with Gasteiger partial charge in [-0.2, -0.15) is 0 Å². The number of thioether (sulfide) groups is 1. The molecule has 1 amide bonds. The summed E-state index contributed by atoms with van der Waals surface area (Å²) in [7, 11) is 0. The third kappa shape index (κ3) is 6.93. The van der Waals surface area contributed by atoms with Crippen LogP contribution in [0.5, 0.6) is 0 Å². The lowest BCUT2D eigenvalue weighted by molar-refractivity contribution is -0.118. The number of piperidine rings is 1. The molecule has 0 radical (unpaired) electrons. The Hall–Kier alpha value is -2.64. The molecule has 6 nitrogen and oxygen atoms in total.